The third-order valence-electron chi connectivity index (χ3n) is 4.38. The predicted molar refractivity (Wildman–Crippen MR) is 105 cm³/mol. The van der Waals surface area contributed by atoms with E-state index in [4.69, 9.17) is 5.26 Å². The highest BCUT2D eigenvalue weighted by Gasteiger charge is 2.26. The van der Waals surface area contributed by atoms with Gasteiger partial charge in [0, 0.05) is 43.3 Å². The SMILES string of the molecule is N#CSc1ccc(NC(=O)C(=O)N2CCN(Cc3ccccc3)CC2)cc1. The minimum absolute atomic E-state index is 0.509. The summed E-state index contributed by atoms with van der Waals surface area (Å²) in [4.78, 5) is 29.3. The zero-order chi connectivity index (χ0) is 19.1. The second-order valence-electron chi connectivity index (χ2n) is 6.23. The predicted octanol–water partition coefficient (Wildman–Crippen LogP) is 2.54. The number of piperazine rings is 1. The minimum atomic E-state index is -0.632. The number of benzene rings is 2. The Hall–Kier alpha value is -2.82. The van der Waals surface area contributed by atoms with Crippen molar-refractivity contribution in [2.24, 2.45) is 0 Å². The summed E-state index contributed by atoms with van der Waals surface area (Å²) < 4.78 is 0. The fourth-order valence-electron chi connectivity index (χ4n) is 2.94. The van der Waals surface area contributed by atoms with Crippen LogP contribution in [0.25, 0.3) is 0 Å². The molecule has 0 aliphatic carbocycles. The highest BCUT2D eigenvalue weighted by molar-refractivity contribution is 8.03. The van der Waals surface area contributed by atoms with Gasteiger partial charge < -0.3 is 10.2 Å². The van der Waals surface area contributed by atoms with Crippen molar-refractivity contribution in [2.45, 2.75) is 11.4 Å². The van der Waals surface area contributed by atoms with Crippen molar-refractivity contribution in [2.75, 3.05) is 31.5 Å². The molecule has 3 rings (SSSR count). The van der Waals surface area contributed by atoms with Gasteiger partial charge in [0.1, 0.15) is 5.40 Å². The van der Waals surface area contributed by atoms with E-state index in [2.05, 4.69) is 22.3 Å². The number of nitrogens with one attached hydrogen (secondary N) is 1. The average molecular weight is 380 g/mol. The van der Waals surface area contributed by atoms with Gasteiger partial charge in [-0.2, -0.15) is 5.26 Å². The van der Waals surface area contributed by atoms with E-state index in [1.165, 1.54) is 5.56 Å². The normalized spacial score (nSPS) is 14.4. The van der Waals surface area contributed by atoms with E-state index in [-0.39, 0.29) is 0 Å². The Labute approximate surface area is 162 Å². The first-order chi connectivity index (χ1) is 13.2. The molecule has 0 spiro atoms. The number of thiocyanates is 1. The fourth-order valence-corrected chi connectivity index (χ4v) is 3.32. The molecule has 2 aromatic rings. The summed E-state index contributed by atoms with van der Waals surface area (Å²) >= 11 is 1.05. The van der Waals surface area contributed by atoms with Crippen molar-refractivity contribution in [3.63, 3.8) is 0 Å². The van der Waals surface area contributed by atoms with Crippen molar-refractivity contribution < 1.29 is 9.59 Å². The van der Waals surface area contributed by atoms with Crippen LogP contribution in [0.15, 0.2) is 59.5 Å². The molecule has 0 radical (unpaired) electrons. The molecule has 7 heteroatoms. The number of thioether (sulfide) groups is 1. The van der Waals surface area contributed by atoms with Gasteiger partial charge in [0.2, 0.25) is 0 Å². The highest BCUT2D eigenvalue weighted by Crippen LogP contribution is 2.19. The number of anilines is 1. The lowest BCUT2D eigenvalue weighted by molar-refractivity contribution is -0.144. The Morgan fingerprint density at radius 3 is 2.30 bits per heavy atom. The molecule has 1 heterocycles. The molecule has 6 nitrogen and oxygen atoms in total. The maximum atomic E-state index is 12.4. The van der Waals surface area contributed by atoms with E-state index in [1.807, 2.05) is 23.6 Å². The Morgan fingerprint density at radius 2 is 1.67 bits per heavy atom. The summed E-state index contributed by atoms with van der Waals surface area (Å²) in [6.07, 6.45) is 0. The maximum Gasteiger partial charge on any atom is 0.313 e. The number of carbonyl (C=O) groups is 2. The topological polar surface area (TPSA) is 76.4 Å². The summed E-state index contributed by atoms with van der Waals surface area (Å²) in [6, 6.07) is 17.0. The molecular weight excluding hydrogens is 360 g/mol. The minimum Gasteiger partial charge on any atom is -0.332 e. The van der Waals surface area contributed by atoms with Gasteiger partial charge in [-0.25, -0.2) is 0 Å². The van der Waals surface area contributed by atoms with Crippen LogP contribution < -0.4 is 5.32 Å². The van der Waals surface area contributed by atoms with Gasteiger partial charge in [-0.05, 0) is 41.6 Å². The molecule has 0 saturated carbocycles. The second-order valence-corrected chi connectivity index (χ2v) is 7.08. The summed E-state index contributed by atoms with van der Waals surface area (Å²) in [5.41, 5.74) is 1.78. The monoisotopic (exact) mass is 380 g/mol. The molecule has 1 fully saturated rings. The summed E-state index contributed by atoms with van der Waals surface area (Å²) in [5, 5.41) is 13.3. The van der Waals surface area contributed by atoms with Gasteiger partial charge in [-0.1, -0.05) is 30.3 Å². The number of rotatable bonds is 4. The molecule has 2 aromatic carbocycles. The van der Waals surface area contributed by atoms with Crippen LogP contribution in [0.5, 0.6) is 0 Å². The molecule has 0 bridgehead atoms. The smallest absolute Gasteiger partial charge is 0.313 e. The van der Waals surface area contributed by atoms with E-state index in [0.717, 1.165) is 36.3 Å². The Kier molecular flexibility index (Phi) is 6.47. The highest BCUT2D eigenvalue weighted by atomic mass is 32.2. The van der Waals surface area contributed by atoms with Crippen molar-refractivity contribution in [3.8, 4) is 5.40 Å². The zero-order valence-corrected chi connectivity index (χ0v) is 15.6. The van der Waals surface area contributed by atoms with Crippen molar-refractivity contribution >= 4 is 29.3 Å². The third-order valence-corrected chi connectivity index (χ3v) is 4.98. The first kappa shape index (κ1) is 19.0. The van der Waals surface area contributed by atoms with Gasteiger partial charge in [-0.15, -0.1) is 0 Å². The van der Waals surface area contributed by atoms with Crippen LogP contribution in [-0.4, -0.2) is 47.8 Å². The van der Waals surface area contributed by atoms with E-state index >= 15 is 0 Å². The second kappa shape index (κ2) is 9.21. The molecule has 0 atom stereocenters. The third kappa shape index (κ3) is 5.33. The molecule has 1 aliphatic rings. The van der Waals surface area contributed by atoms with E-state index in [9.17, 15) is 9.59 Å². The molecular formula is C20H20N4O2S. The molecule has 138 valence electrons. The first-order valence-electron chi connectivity index (χ1n) is 8.68. The lowest BCUT2D eigenvalue weighted by atomic mass is 10.2. The summed E-state index contributed by atoms with van der Waals surface area (Å²) in [6.45, 7) is 3.41. The quantitative estimate of drug-likeness (QED) is 0.501. The molecule has 0 aromatic heterocycles. The van der Waals surface area contributed by atoms with Crippen molar-refractivity contribution in [3.05, 3.63) is 60.2 Å². The molecule has 1 saturated heterocycles. The van der Waals surface area contributed by atoms with Crippen LogP contribution in [0.1, 0.15) is 5.56 Å². The lowest BCUT2D eigenvalue weighted by Gasteiger charge is -2.34. The van der Waals surface area contributed by atoms with E-state index in [0.29, 0.717) is 18.8 Å². The van der Waals surface area contributed by atoms with Crippen LogP contribution in [0.2, 0.25) is 0 Å². The zero-order valence-electron chi connectivity index (χ0n) is 14.8. The average Bonchev–Trinajstić information content (AvgIpc) is 2.70. The van der Waals surface area contributed by atoms with Crippen LogP contribution in [0.3, 0.4) is 0 Å². The molecule has 1 N–H and O–H groups in total. The number of carbonyl (C=O) groups excluding carboxylic acids is 2. The maximum absolute atomic E-state index is 12.4. The fraction of sp³-hybridized carbons (Fsp3) is 0.250. The van der Waals surface area contributed by atoms with Gasteiger partial charge in [0.25, 0.3) is 0 Å². The van der Waals surface area contributed by atoms with E-state index in [1.54, 1.807) is 29.2 Å². The van der Waals surface area contributed by atoms with Gasteiger partial charge in [0.05, 0.1) is 0 Å². The van der Waals surface area contributed by atoms with Crippen molar-refractivity contribution in [1.82, 2.24) is 9.80 Å². The largest absolute Gasteiger partial charge is 0.332 e. The van der Waals surface area contributed by atoms with Crippen molar-refractivity contribution in [1.29, 1.82) is 5.26 Å². The molecule has 0 unspecified atom stereocenters. The van der Waals surface area contributed by atoms with Crippen LogP contribution in [0.4, 0.5) is 5.69 Å². The number of hydrogen-bond donors (Lipinski definition) is 1. The number of amides is 2. The number of hydrogen-bond acceptors (Lipinski definition) is 5. The van der Waals surface area contributed by atoms with Crippen LogP contribution >= 0.6 is 11.8 Å². The summed E-state index contributed by atoms with van der Waals surface area (Å²) in [7, 11) is 0. The van der Waals surface area contributed by atoms with Gasteiger partial charge in [-0.3, -0.25) is 14.5 Å². The van der Waals surface area contributed by atoms with Gasteiger partial charge in [0.15, 0.2) is 0 Å². The van der Waals surface area contributed by atoms with Crippen LogP contribution in [-0.2, 0) is 16.1 Å². The number of nitriles is 1. The number of nitrogens with zero attached hydrogens (tertiary/aromatic N) is 3. The standard InChI is InChI=1S/C20H20N4O2S/c21-15-27-18-8-6-17(7-9-18)22-19(25)20(26)24-12-10-23(11-13-24)14-16-4-2-1-3-5-16/h1-9H,10-14H2,(H,22,25). The first-order valence-corrected chi connectivity index (χ1v) is 9.50. The molecule has 27 heavy (non-hydrogen) atoms. The van der Waals surface area contributed by atoms with Crippen LogP contribution in [0, 0.1) is 10.7 Å². The molecule has 2 amide bonds. The Bertz CT molecular complexity index is 825. The lowest BCUT2D eigenvalue weighted by Crippen LogP contribution is -2.51. The Morgan fingerprint density at radius 1 is 1.00 bits per heavy atom. The summed E-state index contributed by atoms with van der Waals surface area (Å²) in [5.74, 6) is -1.14. The Balaban J connectivity index is 1.48. The van der Waals surface area contributed by atoms with E-state index < -0.39 is 11.8 Å². The van der Waals surface area contributed by atoms with Gasteiger partial charge >= 0.3 is 11.8 Å². The molecule has 1 aliphatic heterocycles.